The third kappa shape index (κ3) is 5.66. The molecule has 0 spiro atoms. The van der Waals surface area contributed by atoms with E-state index in [1.807, 2.05) is 34.9 Å². The highest BCUT2D eigenvalue weighted by molar-refractivity contribution is 7.99. The van der Waals surface area contributed by atoms with Crippen LogP contribution in [-0.2, 0) is 11.3 Å². The number of aromatic nitrogens is 3. The maximum atomic E-state index is 13.1. The Morgan fingerprint density at radius 1 is 0.938 bits per heavy atom. The fraction of sp³-hybridized carbons (Fsp3) is 0.0870. The highest BCUT2D eigenvalue weighted by Crippen LogP contribution is 2.23. The van der Waals surface area contributed by atoms with Gasteiger partial charge >= 0.3 is 0 Å². The van der Waals surface area contributed by atoms with E-state index in [0.717, 1.165) is 11.4 Å². The number of hydrogen-bond donors (Lipinski definition) is 2. The molecule has 1 heterocycles. The number of rotatable bonds is 8. The van der Waals surface area contributed by atoms with Crippen LogP contribution in [0.3, 0.4) is 0 Å². The molecule has 0 aliphatic rings. The lowest BCUT2D eigenvalue weighted by molar-refractivity contribution is -0.113. The minimum absolute atomic E-state index is 0.161. The molecule has 4 aromatic rings. The molecule has 3 aromatic carbocycles. The number of carbonyl (C=O) groups is 1. The van der Waals surface area contributed by atoms with E-state index in [4.69, 9.17) is 11.6 Å². The Morgan fingerprint density at radius 3 is 2.34 bits per heavy atom. The Kier molecular flexibility index (Phi) is 7.03. The highest BCUT2D eigenvalue weighted by atomic mass is 35.5. The topological polar surface area (TPSA) is 71.8 Å². The van der Waals surface area contributed by atoms with Crippen molar-refractivity contribution in [1.29, 1.82) is 0 Å². The zero-order valence-corrected chi connectivity index (χ0v) is 18.4. The van der Waals surface area contributed by atoms with Crippen LogP contribution in [0.25, 0.3) is 5.69 Å². The number of nitrogens with zero attached hydrogens (tertiary/aromatic N) is 3. The van der Waals surface area contributed by atoms with Crippen molar-refractivity contribution in [3.63, 3.8) is 0 Å². The van der Waals surface area contributed by atoms with Crippen LogP contribution in [0, 0.1) is 5.82 Å². The summed E-state index contributed by atoms with van der Waals surface area (Å²) in [7, 11) is 0. The predicted octanol–water partition coefficient (Wildman–Crippen LogP) is 5.40. The first-order valence-electron chi connectivity index (χ1n) is 9.76. The number of para-hydroxylation sites is 1. The van der Waals surface area contributed by atoms with Crippen molar-refractivity contribution in [3.05, 3.63) is 95.5 Å². The van der Waals surface area contributed by atoms with Gasteiger partial charge in [0, 0.05) is 22.1 Å². The van der Waals surface area contributed by atoms with Crippen LogP contribution in [0.1, 0.15) is 5.82 Å². The number of amides is 1. The van der Waals surface area contributed by atoms with E-state index < -0.39 is 0 Å². The molecule has 0 atom stereocenters. The standard InChI is InChI=1S/C23H19ClFN5OS/c24-16-6-10-19(11-7-16)27-22(31)15-32-23-29-28-21(30(23)20-4-2-1-3-5-20)14-26-18-12-8-17(25)9-13-18/h1-13,26H,14-15H2,(H,27,31). The average molecular weight is 468 g/mol. The van der Waals surface area contributed by atoms with Gasteiger partial charge in [-0.2, -0.15) is 0 Å². The summed E-state index contributed by atoms with van der Waals surface area (Å²) < 4.78 is 15.0. The number of benzene rings is 3. The van der Waals surface area contributed by atoms with Crippen molar-refractivity contribution in [3.8, 4) is 5.69 Å². The van der Waals surface area contributed by atoms with Crippen LogP contribution in [-0.4, -0.2) is 26.4 Å². The smallest absolute Gasteiger partial charge is 0.234 e. The molecule has 0 radical (unpaired) electrons. The van der Waals surface area contributed by atoms with Crippen LogP contribution in [0.5, 0.6) is 0 Å². The Hall–Kier alpha value is -3.36. The van der Waals surface area contributed by atoms with Gasteiger partial charge in [0.05, 0.1) is 12.3 Å². The average Bonchev–Trinajstić information content (AvgIpc) is 3.22. The van der Waals surface area contributed by atoms with E-state index in [0.29, 0.717) is 28.2 Å². The van der Waals surface area contributed by atoms with Crippen molar-refractivity contribution in [2.45, 2.75) is 11.7 Å². The fourth-order valence-electron chi connectivity index (χ4n) is 2.95. The number of thioether (sulfide) groups is 1. The van der Waals surface area contributed by atoms with Gasteiger partial charge in [-0.3, -0.25) is 9.36 Å². The van der Waals surface area contributed by atoms with Gasteiger partial charge in [-0.25, -0.2) is 4.39 Å². The monoisotopic (exact) mass is 467 g/mol. The molecule has 32 heavy (non-hydrogen) atoms. The molecule has 4 rings (SSSR count). The molecule has 0 bridgehead atoms. The lowest BCUT2D eigenvalue weighted by Gasteiger charge is -2.11. The number of carbonyl (C=O) groups excluding carboxylic acids is 1. The minimum Gasteiger partial charge on any atom is -0.378 e. The van der Waals surface area contributed by atoms with Gasteiger partial charge in [0.25, 0.3) is 0 Å². The van der Waals surface area contributed by atoms with Crippen molar-refractivity contribution in [2.24, 2.45) is 0 Å². The van der Waals surface area contributed by atoms with Gasteiger partial charge < -0.3 is 10.6 Å². The minimum atomic E-state index is -0.293. The van der Waals surface area contributed by atoms with Gasteiger partial charge in [-0.1, -0.05) is 41.6 Å². The quantitative estimate of drug-likeness (QED) is 0.339. The lowest BCUT2D eigenvalue weighted by atomic mass is 10.3. The van der Waals surface area contributed by atoms with E-state index in [1.165, 1.54) is 23.9 Å². The zero-order chi connectivity index (χ0) is 22.3. The Morgan fingerprint density at radius 2 is 1.62 bits per heavy atom. The molecule has 1 amide bonds. The molecule has 9 heteroatoms. The van der Waals surface area contributed by atoms with E-state index in [2.05, 4.69) is 20.8 Å². The van der Waals surface area contributed by atoms with E-state index >= 15 is 0 Å². The van der Waals surface area contributed by atoms with Crippen molar-refractivity contribution >= 4 is 40.6 Å². The van der Waals surface area contributed by atoms with E-state index in [-0.39, 0.29) is 17.5 Å². The van der Waals surface area contributed by atoms with E-state index in [1.54, 1.807) is 36.4 Å². The van der Waals surface area contributed by atoms with Gasteiger partial charge in [-0.05, 0) is 60.7 Å². The van der Waals surface area contributed by atoms with E-state index in [9.17, 15) is 9.18 Å². The Bertz CT molecular complexity index is 1180. The summed E-state index contributed by atoms with van der Waals surface area (Å²) in [5, 5.41) is 15.9. The first-order chi connectivity index (χ1) is 15.6. The predicted molar refractivity (Wildman–Crippen MR) is 126 cm³/mol. The largest absolute Gasteiger partial charge is 0.378 e. The van der Waals surface area contributed by atoms with Crippen molar-refractivity contribution in [2.75, 3.05) is 16.4 Å². The Labute approximate surface area is 193 Å². The summed E-state index contributed by atoms with van der Waals surface area (Å²) in [6.07, 6.45) is 0. The van der Waals surface area contributed by atoms with Crippen LogP contribution >= 0.6 is 23.4 Å². The number of hydrogen-bond acceptors (Lipinski definition) is 5. The number of nitrogens with one attached hydrogen (secondary N) is 2. The summed E-state index contributed by atoms with van der Waals surface area (Å²) >= 11 is 7.17. The summed E-state index contributed by atoms with van der Waals surface area (Å²) in [6, 6.07) is 22.7. The molecule has 2 N–H and O–H groups in total. The maximum absolute atomic E-state index is 13.1. The molecular weight excluding hydrogens is 449 g/mol. The molecule has 1 aromatic heterocycles. The number of anilines is 2. The normalized spacial score (nSPS) is 10.7. The SMILES string of the molecule is O=C(CSc1nnc(CNc2ccc(F)cc2)n1-c1ccccc1)Nc1ccc(Cl)cc1. The molecule has 0 fully saturated rings. The highest BCUT2D eigenvalue weighted by Gasteiger charge is 2.16. The first-order valence-corrected chi connectivity index (χ1v) is 11.1. The van der Waals surface area contributed by atoms with Gasteiger partial charge in [0.15, 0.2) is 11.0 Å². The second kappa shape index (κ2) is 10.3. The van der Waals surface area contributed by atoms with Gasteiger partial charge in [-0.15, -0.1) is 10.2 Å². The molecule has 0 unspecified atom stereocenters. The van der Waals surface area contributed by atoms with Crippen LogP contribution in [0.2, 0.25) is 5.02 Å². The van der Waals surface area contributed by atoms with Gasteiger partial charge in [0.1, 0.15) is 5.82 Å². The molecule has 6 nitrogen and oxygen atoms in total. The first kappa shape index (κ1) is 21.9. The third-order valence-electron chi connectivity index (χ3n) is 4.47. The summed E-state index contributed by atoms with van der Waals surface area (Å²) in [5.74, 6) is 0.379. The second-order valence-corrected chi connectivity index (χ2v) is 8.15. The molecule has 162 valence electrons. The molecule has 0 aliphatic heterocycles. The maximum Gasteiger partial charge on any atom is 0.234 e. The fourth-order valence-corrected chi connectivity index (χ4v) is 3.85. The molecule has 0 saturated heterocycles. The second-order valence-electron chi connectivity index (χ2n) is 6.77. The molecular formula is C23H19ClFN5OS. The van der Waals surface area contributed by atoms with Crippen molar-refractivity contribution in [1.82, 2.24) is 14.8 Å². The summed E-state index contributed by atoms with van der Waals surface area (Å²) in [5.41, 5.74) is 2.33. The summed E-state index contributed by atoms with van der Waals surface area (Å²) in [6.45, 7) is 0.380. The number of halogens is 2. The third-order valence-corrected chi connectivity index (χ3v) is 5.65. The Balaban J connectivity index is 1.48. The molecule has 0 aliphatic carbocycles. The van der Waals surface area contributed by atoms with Gasteiger partial charge in [0.2, 0.25) is 5.91 Å². The lowest BCUT2D eigenvalue weighted by Crippen LogP contribution is -2.14. The van der Waals surface area contributed by atoms with Crippen molar-refractivity contribution < 1.29 is 9.18 Å². The van der Waals surface area contributed by atoms with Crippen LogP contribution < -0.4 is 10.6 Å². The zero-order valence-electron chi connectivity index (χ0n) is 16.8. The molecule has 0 saturated carbocycles. The summed E-state index contributed by atoms with van der Waals surface area (Å²) in [4.78, 5) is 12.4. The van der Waals surface area contributed by atoms with Crippen LogP contribution in [0.4, 0.5) is 15.8 Å². The van der Waals surface area contributed by atoms with Crippen LogP contribution in [0.15, 0.2) is 84.0 Å².